The minimum Gasteiger partial charge on any atom is -0.489 e. The van der Waals surface area contributed by atoms with Gasteiger partial charge in [-0.1, -0.05) is 19.8 Å². The number of hydrogen-bond acceptors (Lipinski definition) is 3. The van der Waals surface area contributed by atoms with Gasteiger partial charge in [0, 0.05) is 30.3 Å². The fourth-order valence-electron chi connectivity index (χ4n) is 4.15. The van der Waals surface area contributed by atoms with Crippen LogP contribution in [0.1, 0.15) is 54.9 Å². The van der Waals surface area contributed by atoms with Gasteiger partial charge in [0.1, 0.15) is 6.61 Å². The number of carbonyl (C=O) groups is 1. The van der Waals surface area contributed by atoms with E-state index in [1.165, 1.54) is 31.7 Å². The minimum atomic E-state index is -0.376. The molecule has 1 fully saturated rings. The zero-order valence-corrected chi connectivity index (χ0v) is 14.6. The highest BCUT2D eigenvalue weighted by Crippen LogP contribution is 2.34. The summed E-state index contributed by atoms with van der Waals surface area (Å²) in [6.45, 7) is 3.71. The third-order valence-electron chi connectivity index (χ3n) is 5.29. The molecule has 1 atom stereocenters. The first-order chi connectivity index (χ1) is 11.7. The molecule has 5 heteroatoms. The van der Waals surface area contributed by atoms with Crippen molar-refractivity contribution in [3.05, 3.63) is 29.1 Å². The predicted molar refractivity (Wildman–Crippen MR) is 92.0 cm³/mol. The van der Waals surface area contributed by atoms with Crippen LogP contribution >= 0.6 is 0 Å². The van der Waals surface area contributed by atoms with Crippen molar-refractivity contribution in [2.24, 2.45) is 0 Å². The molecule has 1 aliphatic carbocycles. The fraction of sp³-hybridized carbons (Fsp3) is 0.632. The van der Waals surface area contributed by atoms with E-state index in [2.05, 4.69) is 17.1 Å². The maximum absolute atomic E-state index is 14.1. The van der Waals surface area contributed by atoms with Gasteiger partial charge in [-0.05, 0) is 44.4 Å². The maximum Gasteiger partial charge on any atom is 0.251 e. The van der Waals surface area contributed by atoms with E-state index >= 15 is 0 Å². The van der Waals surface area contributed by atoms with E-state index in [9.17, 15) is 9.18 Å². The first kappa shape index (κ1) is 17.2. The minimum absolute atomic E-state index is 0.182. The van der Waals surface area contributed by atoms with E-state index in [-0.39, 0.29) is 23.5 Å². The van der Waals surface area contributed by atoms with Crippen molar-refractivity contribution in [3.8, 4) is 5.75 Å². The van der Waals surface area contributed by atoms with Gasteiger partial charge in [0.25, 0.3) is 5.91 Å². The molecule has 1 aromatic rings. The van der Waals surface area contributed by atoms with Gasteiger partial charge in [-0.25, -0.2) is 4.39 Å². The standard InChI is InChI=1S/C19H27FN2O2/c1-3-10-22(13-6-4-5-7-13)14-11-16-15(19(23)21-2)8-9-17(20)18(16)24-12-14/h8-9,13-14H,3-7,10-12H2,1-2H3,(H,21,23)/t14-/m1/s1. The number of fused-ring (bicyclic) bond motifs is 1. The van der Waals surface area contributed by atoms with Crippen molar-refractivity contribution >= 4 is 5.91 Å². The summed E-state index contributed by atoms with van der Waals surface area (Å²) in [5.74, 6) is -0.298. The molecule has 0 bridgehead atoms. The van der Waals surface area contributed by atoms with E-state index in [0.717, 1.165) is 13.0 Å². The van der Waals surface area contributed by atoms with Crippen LogP contribution in [0.25, 0.3) is 0 Å². The first-order valence-corrected chi connectivity index (χ1v) is 9.07. The number of ether oxygens (including phenoxy) is 1. The summed E-state index contributed by atoms with van der Waals surface area (Å²) in [5.41, 5.74) is 1.24. The Labute approximate surface area is 143 Å². The summed E-state index contributed by atoms with van der Waals surface area (Å²) >= 11 is 0. The number of nitrogens with one attached hydrogen (secondary N) is 1. The SMILES string of the molecule is CCCN(C1CCCC1)[C@H]1COc2c(F)ccc(C(=O)NC)c2C1. The molecule has 0 radical (unpaired) electrons. The zero-order chi connectivity index (χ0) is 17.1. The third kappa shape index (κ3) is 3.27. The van der Waals surface area contributed by atoms with Crippen molar-refractivity contribution in [3.63, 3.8) is 0 Å². The normalized spacial score (nSPS) is 20.8. The van der Waals surface area contributed by atoms with Crippen molar-refractivity contribution in [1.29, 1.82) is 0 Å². The number of benzene rings is 1. The number of nitrogens with zero attached hydrogens (tertiary/aromatic N) is 1. The molecule has 1 N–H and O–H groups in total. The molecular formula is C19H27FN2O2. The Morgan fingerprint density at radius 3 is 2.75 bits per heavy atom. The van der Waals surface area contributed by atoms with Crippen molar-refractivity contribution in [2.45, 2.75) is 57.5 Å². The van der Waals surface area contributed by atoms with Crippen LogP contribution in [0.2, 0.25) is 0 Å². The third-order valence-corrected chi connectivity index (χ3v) is 5.29. The molecule has 0 unspecified atom stereocenters. The quantitative estimate of drug-likeness (QED) is 0.899. The van der Waals surface area contributed by atoms with Crippen LogP contribution < -0.4 is 10.1 Å². The molecule has 1 aliphatic heterocycles. The summed E-state index contributed by atoms with van der Waals surface area (Å²) in [4.78, 5) is 14.7. The lowest BCUT2D eigenvalue weighted by molar-refractivity contribution is 0.0781. The zero-order valence-electron chi connectivity index (χ0n) is 14.6. The van der Waals surface area contributed by atoms with Gasteiger partial charge in [-0.2, -0.15) is 0 Å². The van der Waals surface area contributed by atoms with Gasteiger partial charge in [0.15, 0.2) is 11.6 Å². The summed E-state index contributed by atoms with van der Waals surface area (Å²) in [7, 11) is 1.60. The molecule has 3 rings (SSSR count). The second-order valence-electron chi connectivity index (χ2n) is 6.83. The molecule has 0 saturated heterocycles. The van der Waals surface area contributed by atoms with Crippen LogP contribution in [0.4, 0.5) is 4.39 Å². The number of rotatable bonds is 5. The van der Waals surface area contributed by atoms with Gasteiger partial charge < -0.3 is 10.1 Å². The second-order valence-corrected chi connectivity index (χ2v) is 6.83. The molecule has 0 aromatic heterocycles. The Hall–Kier alpha value is -1.62. The van der Waals surface area contributed by atoms with E-state index in [1.54, 1.807) is 13.1 Å². The smallest absolute Gasteiger partial charge is 0.251 e. The van der Waals surface area contributed by atoms with Crippen LogP contribution in [-0.4, -0.2) is 43.1 Å². The molecule has 4 nitrogen and oxygen atoms in total. The van der Waals surface area contributed by atoms with Crippen molar-refractivity contribution in [2.75, 3.05) is 20.2 Å². The fourth-order valence-corrected chi connectivity index (χ4v) is 4.15. The van der Waals surface area contributed by atoms with Crippen molar-refractivity contribution < 1.29 is 13.9 Å². The largest absolute Gasteiger partial charge is 0.489 e. The summed E-state index contributed by atoms with van der Waals surface area (Å²) in [5, 5.41) is 2.64. The number of hydrogen-bond donors (Lipinski definition) is 1. The average Bonchev–Trinajstić information content (AvgIpc) is 3.13. The molecule has 0 spiro atoms. The first-order valence-electron chi connectivity index (χ1n) is 9.07. The lowest BCUT2D eigenvalue weighted by atomic mass is 9.94. The van der Waals surface area contributed by atoms with E-state index in [4.69, 9.17) is 4.74 Å². The van der Waals surface area contributed by atoms with Gasteiger partial charge in [-0.15, -0.1) is 0 Å². The molecule has 24 heavy (non-hydrogen) atoms. The molecule has 1 aromatic carbocycles. The number of halogens is 1. The van der Waals surface area contributed by atoms with E-state index < -0.39 is 0 Å². The monoisotopic (exact) mass is 334 g/mol. The highest BCUT2D eigenvalue weighted by molar-refractivity contribution is 5.96. The summed E-state index contributed by atoms with van der Waals surface area (Å²) < 4.78 is 19.9. The van der Waals surface area contributed by atoms with Gasteiger partial charge in [0.05, 0.1) is 0 Å². The number of amides is 1. The van der Waals surface area contributed by atoms with Crippen LogP contribution in [0.5, 0.6) is 5.75 Å². The highest BCUT2D eigenvalue weighted by atomic mass is 19.1. The topological polar surface area (TPSA) is 41.6 Å². The van der Waals surface area contributed by atoms with Gasteiger partial charge >= 0.3 is 0 Å². The van der Waals surface area contributed by atoms with E-state index in [0.29, 0.717) is 30.2 Å². The van der Waals surface area contributed by atoms with Gasteiger partial charge in [0.2, 0.25) is 0 Å². The lowest BCUT2D eigenvalue weighted by Crippen LogP contribution is -2.48. The molecular weight excluding hydrogens is 307 g/mol. The lowest BCUT2D eigenvalue weighted by Gasteiger charge is -2.39. The second kappa shape index (κ2) is 7.51. The highest BCUT2D eigenvalue weighted by Gasteiger charge is 2.34. The molecule has 2 aliphatic rings. The van der Waals surface area contributed by atoms with Gasteiger partial charge in [-0.3, -0.25) is 9.69 Å². The summed E-state index contributed by atoms with van der Waals surface area (Å²) in [6, 6.07) is 3.70. The van der Waals surface area contributed by atoms with Crippen LogP contribution in [0.15, 0.2) is 12.1 Å². The summed E-state index contributed by atoms with van der Waals surface area (Å²) in [6.07, 6.45) is 6.79. The van der Waals surface area contributed by atoms with Crippen LogP contribution in [0, 0.1) is 5.82 Å². The van der Waals surface area contributed by atoms with Crippen LogP contribution in [0.3, 0.4) is 0 Å². The Morgan fingerprint density at radius 2 is 2.08 bits per heavy atom. The molecule has 1 heterocycles. The Morgan fingerprint density at radius 1 is 1.33 bits per heavy atom. The molecule has 1 amide bonds. The maximum atomic E-state index is 14.1. The van der Waals surface area contributed by atoms with E-state index in [1.807, 2.05) is 0 Å². The van der Waals surface area contributed by atoms with Crippen molar-refractivity contribution in [1.82, 2.24) is 10.2 Å². The molecule has 1 saturated carbocycles. The average molecular weight is 334 g/mol. The molecule has 132 valence electrons. The number of carbonyl (C=O) groups excluding carboxylic acids is 1. The Kier molecular flexibility index (Phi) is 5.39. The predicted octanol–water partition coefficient (Wildman–Crippen LogP) is 3.14. The Bertz CT molecular complexity index is 599. The van der Waals surface area contributed by atoms with Crippen LogP contribution in [-0.2, 0) is 6.42 Å². The Balaban J connectivity index is 1.88.